The van der Waals surface area contributed by atoms with Crippen LogP contribution in [0.15, 0.2) is 152 Å². The van der Waals surface area contributed by atoms with Crippen LogP contribution in [0.4, 0.5) is 0 Å². The Morgan fingerprint density at radius 3 is 1.60 bits per heavy atom. The Balaban J connectivity index is 1.23. The highest BCUT2D eigenvalue weighted by Crippen LogP contribution is 2.40. The summed E-state index contributed by atoms with van der Waals surface area (Å²) in [4.78, 5) is 0. The predicted octanol–water partition coefficient (Wildman–Crippen LogP) is 10.8. The van der Waals surface area contributed by atoms with E-state index in [0.717, 1.165) is 71.7 Å². The molecule has 0 bridgehead atoms. The van der Waals surface area contributed by atoms with Gasteiger partial charge in [0.2, 0.25) is 0 Å². The fraction of sp³-hybridized carbons (Fsp3) is 0. The number of aromatic nitrogens is 2. The standard InChI is InChI=1S/C45H25N5/c46-26-29-20-21-44-39(22-29)37-14-3-5-16-40(37)49(44)34-11-9-10-30(25-34)31-23-32(27-47)45(33(24-31)28-48)38-15-4-8-19-43(38)50-41-17-6-1-12-35(41)36-13-2-7-18-42(36)50/h1-25H. The summed E-state index contributed by atoms with van der Waals surface area (Å²) in [6, 6.07) is 57.7. The molecule has 0 radical (unpaired) electrons. The number of nitriles is 3. The first-order chi connectivity index (χ1) is 24.7. The van der Waals surface area contributed by atoms with Gasteiger partial charge in [-0.05, 0) is 77.9 Å². The molecule has 9 rings (SSSR count). The van der Waals surface area contributed by atoms with Gasteiger partial charge in [-0.2, -0.15) is 15.8 Å². The van der Waals surface area contributed by atoms with E-state index in [9.17, 15) is 15.8 Å². The van der Waals surface area contributed by atoms with Crippen molar-refractivity contribution in [3.63, 3.8) is 0 Å². The molecular formula is C45H25N5. The van der Waals surface area contributed by atoms with E-state index < -0.39 is 0 Å². The van der Waals surface area contributed by atoms with Crippen LogP contribution >= 0.6 is 0 Å². The molecule has 0 spiro atoms. The van der Waals surface area contributed by atoms with Crippen molar-refractivity contribution in [1.82, 2.24) is 9.13 Å². The minimum absolute atomic E-state index is 0.429. The van der Waals surface area contributed by atoms with Crippen LogP contribution in [-0.2, 0) is 0 Å². The Hall–Kier alpha value is -7.39. The molecule has 0 aliphatic rings. The van der Waals surface area contributed by atoms with Crippen molar-refractivity contribution in [3.8, 4) is 51.8 Å². The number of para-hydroxylation sites is 4. The molecule has 0 saturated heterocycles. The second kappa shape index (κ2) is 11.4. The molecule has 0 N–H and O–H groups in total. The Morgan fingerprint density at radius 1 is 0.400 bits per heavy atom. The average Bonchev–Trinajstić information content (AvgIpc) is 3.70. The maximum Gasteiger partial charge on any atom is 0.0998 e. The van der Waals surface area contributed by atoms with Crippen LogP contribution in [0.25, 0.3) is 77.2 Å². The Morgan fingerprint density at radius 2 is 0.960 bits per heavy atom. The molecule has 5 nitrogen and oxygen atoms in total. The van der Waals surface area contributed by atoms with Gasteiger partial charge in [0.15, 0.2) is 0 Å². The van der Waals surface area contributed by atoms with Crippen LogP contribution in [-0.4, -0.2) is 9.13 Å². The largest absolute Gasteiger partial charge is 0.309 e. The molecule has 0 saturated carbocycles. The molecule has 0 atom stereocenters. The number of hydrogen-bond acceptors (Lipinski definition) is 3. The highest BCUT2D eigenvalue weighted by molar-refractivity contribution is 6.11. The summed E-state index contributed by atoms with van der Waals surface area (Å²) in [5.74, 6) is 0. The topological polar surface area (TPSA) is 81.2 Å². The summed E-state index contributed by atoms with van der Waals surface area (Å²) < 4.78 is 4.42. The summed E-state index contributed by atoms with van der Waals surface area (Å²) in [6.45, 7) is 0. The summed E-state index contributed by atoms with van der Waals surface area (Å²) >= 11 is 0. The second-order valence-corrected chi connectivity index (χ2v) is 12.3. The highest BCUT2D eigenvalue weighted by Gasteiger charge is 2.21. The van der Waals surface area contributed by atoms with Gasteiger partial charge in [0.05, 0.1) is 62.7 Å². The van der Waals surface area contributed by atoms with E-state index >= 15 is 0 Å². The monoisotopic (exact) mass is 635 g/mol. The molecule has 0 aliphatic heterocycles. The molecule has 2 heterocycles. The first kappa shape index (κ1) is 28.8. The van der Waals surface area contributed by atoms with Crippen LogP contribution in [0.3, 0.4) is 0 Å². The van der Waals surface area contributed by atoms with Gasteiger partial charge in [-0.3, -0.25) is 0 Å². The molecule has 50 heavy (non-hydrogen) atoms. The van der Waals surface area contributed by atoms with Gasteiger partial charge in [0.25, 0.3) is 0 Å². The summed E-state index contributed by atoms with van der Waals surface area (Å²) in [6.07, 6.45) is 0. The average molecular weight is 636 g/mol. The van der Waals surface area contributed by atoms with Crippen molar-refractivity contribution in [2.24, 2.45) is 0 Å². The van der Waals surface area contributed by atoms with Crippen LogP contribution in [0.2, 0.25) is 0 Å². The normalized spacial score (nSPS) is 11.1. The molecule has 0 aliphatic carbocycles. The van der Waals surface area contributed by atoms with E-state index in [1.165, 1.54) is 0 Å². The molecule has 2 aromatic heterocycles. The van der Waals surface area contributed by atoms with Crippen molar-refractivity contribution >= 4 is 43.6 Å². The number of hydrogen-bond donors (Lipinski definition) is 0. The summed E-state index contributed by atoms with van der Waals surface area (Å²) in [5.41, 5.74) is 10.5. The number of rotatable bonds is 4. The SMILES string of the molecule is N#Cc1ccc2c(c1)c1ccccc1n2-c1cccc(-c2cc(C#N)c(-c3ccccc3-n3c4ccccc4c4ccccc43)c(C#N)c2)c1. The first-order valence-electron chi connectivity index (χ1n) is 16.3. The zero-order valence-corrected chi connectivity index (χ0v) is 26.7. The molecule has 0 amide bonds. The van der Waals surface area contributed by atoms with Gasteiger partial charge in [-0.25, -0.2) is 0 Å². The highest BCUT2D eigenvalue weighted by atomic mass is 15.0. The van der Waals surface area contributed by atoms with Crippen molar-refractivity contribution in [2.75, 3.05) is 0 Å². The maximum absolute atomic E-state index is 10.6. The van der Waals surface area contributed by atoms with Crippen molar-refractivity contribution in [1.29, 1.82) is 15.8 Å². The van der Waals surface area contributed by atoms with Crippen molar-refractivity contribution < 1.29 is 0 Å². The van der Waals surface area contributed by atoms with E-state index in [1.54, 1.807) is 0 Å². The van der Waals surface area contributed by atoms with Gasteiger partial charge in [0.1, 0.15) is 0 Å². The van der Waals surface area contributed by atoms with Crippen molar-refractivity contribution in [2.45, 2.75) is 0 Å². The third-order valence-electron chi connectivity index (χ3n) is 9.61. The van der Waals surface area contributed by atoms with E-state index in [2.05, 4.69) is 81.9 Å². The summed E-state index contributed by atoms with van der Waals surface area (Å²) in [5, 5.41) is 35.2. The number of benzene rings is 7. The third kappa shape index (κ3) is 4.31. The quantitative estimate of drug-likeness (QED) is 0.193. The van der Waals surface area contributed by atoms with Gasteiger partial charge < -0.3 is 9.13 Å². The minimum atomic E-state index is 0.429. The van der Waals surface area contributed by atoms with Gasteiger partial charge >= 0.3 is 0 Å². The molecule has 0 fully saturated rings. The van der Waals surface area contributed by atoms with Gasteiger partial charge in [-0.1, -0.05) is 84.9 Å². The second-order valence-electron chi connectivity index (χ2n) is 12.3. The zero-order chi connectivity index (χ0) is 33.8. The third-order valence-corrected chi connectivity index (χ3v) is 9.61. The van der Waals surface area contributed by atoms with Gasteiger partial charge in [0, 0.05) is 38.4 Å². The maximum atomic E-state index is 10.6. The molecule has 230 valence electrons. The smallest absolute Gasteiger partial charge is 0.0998 e. The summed E-state index contributed by atoms with van der Waals surface area (Å²) in [7, 11) is 0. The Labute approximate surface area is 287 Å². The predicted molar refractivity (Wildman–Crippen MR) is 200 cm³/mol. The van der Waals surface area contributed by atoms with E-state index in [4.69, 9.17) is 0 Å². The Kier molecular flexibility index (Phi) is 6.56. The van der Waals surface area contributed by atoms with E-state index in [1.807, 2.05) is 97.1 Å². The van der Waals surface area contributed by atoms with Crippen LogP contribution in [0.5, 0.6) is 0 Å². The van der Waals surface area contributed by atoms with Crippen LogP contribution in [0.1, 0.15) is 16.7 Å². The Bertz CT molecular complexity index is 2880. The molecule has 9 aromatic rings. The van der Waals surface area contributed by atoms with E-state index in [0.29, 0.717) is 22.3 Å². The zero-order valence-electron chi connectivity index (χ0n) is 26.7. The molecule has 7 aromatic carbocycles. The first-order valence-corrected chi connectivity index (χ1v) is 16.3. The fourth-order valence-electron chi connectivity index (χ4n) is 7.48. The van der Waals surface area contributed by atoms with E-state index in [-0.39, 0.29) is 0 Å². The lowest BCUT2D eigenvalue weighted by Gasteiger charge is -2.17. The lowest BCUT2D eigenvalue weighted by atomic mass is 9.90. The van der Waals surface area contributed by atoms with Crippen molar-refractivity contribution in [3.05, 3.63) is 168 Å². The van der Waals surface area contributed by atoms with Crippen LogP contribution < -0.4 is 0 Å². The number of nitrogens with zero attached hydrogens (tertiary/aromatic N) is 5. The lowest BCUT2D eigenvalue weighted by molar-refractivity contribution is 1.18. The van der Waals surface area contributed by atoms with Gasteiger partial charge in [-0.15, -0.1) is 0 Å². The lowest BCUT2D eigenvalue weighted by Crippen LogP contribution is -2.00. The molecule has 5 heteroatoms. The molecule has 0 unspecified atom stereocenters. The van der Waals surface area contributed by atoms with Crippen LogP contribution in [0, 0.1) is 34.0 Å². The number of fused-ring (bicyclic) bond motifs is 6. The minimum Gasteiger partial charge on any atom is -0.309 e. The fourth-order valence-corrected chi connectivity index (χ4v) is 7.48. The molecular weight excluding hydrogens is 611 g/mol.